The highest BCUT2D eigenvalue weighted by atomic mass is 32.2. The zero-order valence-electron chi connectivity index (χ0n) is 26.1. The molecule has 0 aromatic heterocycles. The molecule has 11 heteroatoms. The quantitative estimate of drug-likeness (QED) is 0.105. The van der Waals surface area contributed by atoms with E-state index in [2.05, 4.69) is 19.6 Å². The average molecular weight is 652 g/mol. The molecular weight excluding hydrogens is 611 g/mol. The number of amides is 2. The van der Waals surface area contributed by atoms with Crippen LogP contribution in [0.4, 0.5) is 0 Å². The Bertz CT molecular complexity index is 1400. The Morgan fingerprint density at radius 2 is 1.51 bits per heavy atom. The van der Waals surface area contributed by atoms with E-state index in [9.17, 15) is 14.7 Å². The van der Waals surface area contributed by atoms with E-state index in [4.69, 9.17) is 23.7 Å². The number of hydrogen-bond donors (Lipinski definition) is 1. The van der Waals surface area contributed by atoms with E-state index in [1.165, 1.54) is 16.7 Å². The van der Waals surface area contributed by atoms with Gasteiger partial charge in [0, 0.05) is 19.6 Å². The monoisotopic (exact) mass is 651 g/mol. The van der Waals surface area contributed by atoms with Crippen molar-refractivity contribution in [2.75, 3.05) is 27.1 Å². The van der Waals surface area contributed by atoms with Crippen molar-refractivity contribution in [2.45, 2.75) is 67.0 Å². The third-order valence-electron chi connectivity index (χ3n) is 7.86. The molecule has 9 nitrogen and oxygen atoms in total. The van der Waals surface area contributed by atoms with Crippen LogP contribution in [0.5, 0.6) is 5.75 Å². The van der Waals surface area contributed by atoms with Crippen molar-refractivity contribution in [3.05, 3.63) is 95.6 Å². The number of methoxy groups -OCH3 is 1. The number of aliphatic hydroxyl groups is 1. The highest BCUT2D eigenvalue weighted by Crippen LogP contribution is 2.41. The van der Waals surface area contributed by atoms with E-state index in [-0.39, 0.29) is 20.0 Å². The second-order valence-electron chi connectivity index (χ2n) is 12.3. The summed E-state index contributed by atoms with van der Waals surface area (Å²) in [6.07, 6.45) is -2.51. The number of imide groups is 1. The molecular formula is C34H41NO8SSi. The van der Waals surface area contributed by atoms with E-state index < -0.39 is 49.7 Å². The van der Waals surface area contributed by atoms with Gasteiger partial charge in [-0.1, -0.05) is 73.9 Å². The molecule has 1 saturated heterocycles. The fourth-order valence-electron chi connectivity index (χ4n) is 5.39. The maximum atomic E-state index is 13.9. The zero-order valence-corrected chi connectivity index (χ0v) is 27.9. The van der Waals surface area contributed by atoms with Crippen LogP contribution in [0.15, 0.2) is 83.8 Å². The summed E-state index contributed by atoms with van der Waals surface area (Å²) in [5, 5.41) is 10.6. The molecule has 1 fully saturated rings. The van der Waals surface area contributed by atoms with Crippen LogP contribution >= 0.6 is 11.8 Å². The van der Waals surface area contributed by atoms with Crippen molar-refractivity contribution in [1.82, 2.24) is 4.90 Å². The maximum Gasteiger partial charge on any atom is 0.262 e. The summed E-state index contributed by atoms with van der Waals surface area (Å²) in [6, 6.07) is 23.9. The van der Waals surface area contributed by atoms with Gasteiger partial charge in [-0.05, 0) is 48.0 Å². The molecule has 0 spiro atoms. The SMILES string of the molecule is COc1ccc(CO[C@H]2[C@H](OCOCC[Si](C)(C)C)[C@@H](N3C(=O)c4ccccc4C3=O)[C@H](Sc3ccccc3)O[C@@H]2CO)cc1. The Balaban J connectivity index is 1.49. The molecule has 2 amide bonds. The summed E-state index contributed by atoms with van der Waals surface area (Å²) in [6.45, 7) is 7.09. The van der Waals surface area contributed by atoms with Gasteiger partial charge in [0.15, 0.2) is 0 Å². The van der Waals surface area contributed by atoms with Crippen LogP contribution in [-0.2, 0) is 25.6 Å². The first-order valence-corrected chi connectivity index (χ1v) is 19.7. The second-order valence-corrected chi connectivity index (χ2v) is 19.1. The summed E-state index contributed by atoms with van der Waals surface area (Å²) < 4.78 is 30.6. The molecule has 5 atom stereocenters. The topological polar surface area (TPSA) is 104 Å². The summed E-state index contributed by atoms with van der Waals surface area (Å²) in [5.41, 5.74) is 0.766. The standard InChI is InChI=1S/C34H41NO8SSi/c1-39-24-16-14-23(15-17-24)21-41-30-28(20-36)43-34(44-25-10-6-5-7-11-25)29(31(30)42-22-40-18-19-45(2,3)4)35-32(37)26-12-8-9-13-27(26)33(35)38/h5-17,28-31,34,36H,18-22H2,1-4H3/t28-,29-,30-,31-,34+/m1/s1. The van der Waals surface area contributed by atoms with Crippen LogP contribution in [0.2, 0.25) is 25.7 Å². The third kappa shape index (κ3) is 8.04. The lowest BCUT2D eigenvalue weighted by atomic mass is 9.96. The first-order chi connectivity index (χ1) is 21.7. The molecule has 45 heavy (non-hydrogen) atoms. The highest BCUT2D eigenvalue weighted by molar-refractivity contribution is 7.99. The summed E-state index contributed by atoms with van der Waals surface area (Å²) >= 11 is 1.37. The van der Waals surface area contributed by atoms with Crippen molar-refractivity contribution >= 4 is 31.7 Å². The van der Waals surface area contributed by atoms with Crippen molar-refractivity contribution in [1.29, 1.82) is 0 Å². The number of carbonyl (C=O) groups is 2. The maximum absolute atomic E-state index is 13.9. The Labute approximate surface area is 269 Å². The van der Waals surface area contributed by atoms with Gasteiger partial charge in [-0.2, -0.15) is 0 Å². The van der Waals surface area contributed by atoms with Crippen molar-refractivity contribution in [3.63, 3.8) is 0 Å². The number of thioether (sulfide) groups is 1. The highest BCUT2D eigenvalue weighted by Gasteiger charge is 2.55. The van der Waals surface area contributed by atoms with Gasteiger partial charge in [-0.25, -0.2) is 0 Å². The predicted octanol–water partition coefficient (Wildman–Crippen LogP) is 5.45. The summed E-state index contributed by atoms with van der Waals surface area (Å²) in [7, 11) is 0.259. The van der Waals surface area contributed by atoms with Crippen LogP contribution in [0, 0.1) is 0 Å². The Morgan fingerprint density at radius 1 is 0.867 bits per heavy atom. The molecule has 240 valence electrons. The molecule has 1 N–H and O–H groups in total. The van der Waals surface area contributed by atoms with E-state index >= 15 is 0 Å². The fourth-order valence-corrected chi connectivity index (χ4v) is 7.34. The van der Waals surface area contributed by atoms with Gasteiger partial charge in [0.1, 0.15) is 42.3 Å². The molecule has 5 rings (SSSR count). The number of ether oxygens (including phenoxy) is 5. The molecule has 0 saturated carbocycles. The Morgan fingerprint density at radius 3 is 2.11 bits per heavy atom. The number of rotatable bonds is 14. The van der Waals surface area contributed by atoms with Gasteiger partial charge in [0.25, 0.3) is 11.8 Å². The lowest BCUT2D eigenvalue weighted by molar-refractivity contribution is -0.235. The van der Waals surface area contributed by atoms with Gasteiger partial charge in [0.05, 0.1) is 31.5 Å². The van der Waals surface area contributed by atoms with Crippen LogP contribution < -0.4 is 4.74 Å². The number of benzene rings is 3. The number of carbonyl (C=O) groups excluding carboxylic acids is 2. The van der Waals surface area contributed by atoms with E-state index in [1.54, 1.807) is 31.4 Å². The predicted molar refractivity (Wildman–Crippen MR) is 174 cm³/mol. The van der Waals surface area contributed by atoms with E-state index in [0.717, 1.165) is 22.3 Å². The molecule has 0 bridgehead atoms. The van der Waals surface area contributed by atoms with Gasteiger partial charge in [0.2, 0.25) is 0 Å². The molecule has 2 heterocycles. The van der Waals surface area contributed by atoms with E-state index in [0.29, 0.717) is 17.7 Å². The molecule has 0 aliphatic carbocycles. The van der Waals surface area contributed by atoms with Crippen LogP contribution in [0.25, 0.3) is 0 Å². The van der Waals surface area contributed by atoms with Crippen molar-refractivity contribution < 1.29 is 38.4 Å². The minimum atomic E-state index is -1.35. The van der Waals surface area contributed by atoms with E-state index in [1.807, 2.05) is 54.6 Å². The van der Waals surface area contributed by atoms with Crippen LogP contribution in [0.1, 0.15) is 26.3 Å². The van der Waals surface area contributed by atoms with Gasteiger partial charge >= 0.3 is 0 Å². The normalized spacial score (nSPS) is 23.3. The number of nitrogens with zero attached hydrogens (tertiary/aromatic N) is 1. The largest absolute Gasteiger partial charge is 0.497 e. The molecule has 0 unspecified atom stereocenters. The Hall–Kier alpha value is -3.03. The molecule has 2 aliphatic heterocycles. The van der Waals surface area contributed by atoms with Crippen molar-refractivity contribution in [2.24, 2.45) is 0 Å². The van der Waals surface area contributed by atoms with Crippen molar-refractivity contribution in [3.8, 4) is 5.75 Å². The molecule has 3 aromatic carbocycles. The molecule has 0 radical (unpaired) electrons. The summed E-state index contributed by atoms with van der Waals surface area (Å²) in [5.74, 6) is -0.129. The van der Waals surface area contributed by atoms with Crippen LogP contribution in [-0.4, -0.2) is 86.8 Å². The number of aliphatic hydroxyl groups excluding tert-OH is 1. The minimum absolute atomic E-state index is 0.0713. The minimum Gasteiger partial charge on any atom is -0.497 e. The average Bonchev–Trinajstić information content (AvgIpc) is 3.29. The van der Waals surface area contributed by atoms with Gasteiger partial charge in [-0.15, -0.1) is 0 Å². The second kappa shape index (κ2) is 15.0. The van der Waals surface area contributed by atoms with Gasteiger partial charge in [-0.3, -0.25) is 14.5 Å². The smallest absolute Gasteiger partial charge is 0.262 e. The molecule has 3 aromatic rings. The zero-order chi connectivity index (χ0) is 32.0. The fraction of sp³-hybridized carbons (Fsp3) is 0.412. The van der Waals surface area contributed by atoms with Crippen LogP contribution in [0.3, 0.4) is 0 Å². The number of hydrogen-bond acceptors (Lipinski definition) is 9. The third-order valence-corrected chi connectivity index (χ3v) is 10.7. The first-order valence-electron chi connectivity index (χ1n) is 15.1. The molecule has 2 aliphatic rings. The lowest BCUT2D eigenvalue weighted by Gasteiger charge is -2.48. The number of fused-ring (bicyclic) bond motifs is 1. The Kier molecular flexibility index (Phi) is 11.1. The summed E-state index contributed by atoms with van der Waals surface area (Å²) in [4.78, 5) is 29.9. The van der Waals surface area contributed by atoms with Gasteiger partial charge < -0.3 is 28.8 Å². The first kappa shape index (κ1) is 33.3. The lowest BCUT2D eigenvalue weighted by Crippen LogP contribution is -2.65.